The van der Waals surface area contributed by atoms with Crippen molar-refractivity contribution < 1.29 is 0 Å². The van der Waals surface area contributed by atoms with Crippen molar-refractivity contribution in [3.8, 4) is 135 Å². The number of para-hydroxylation sites is 6. The summed E-state index contributed by atoms with van der Waals surface area (Å²) in [6.45, 7) is 0. The van der Waals surface area contributed by atoms with Crippen LogP contribution in [-0.2, 0) is 0 Å². The van der Waals surface area contributed by atoms with E-state index in [0.717, 1.165) is 145 Å². The van der Waals surface area contributed by atoms with Gasteiger partial charge >= 0.3 is 0 Å². The van der Waals surface area contributed by atoms with E-state index in [-0.39, 0.29) is 0 Å². The van der Waals surface area contributed by atoms with Gasteiger partial charge in [-0.05, 0) is 88.0 Å². The Bertz CT molecular complexity index is 6960. The molecule has 0 bridgehead atoms. The van der Waals surface area contributed by atoms with Gasteiger partial charge in [-0.15, -0.1) is 0 Å². The molecule has 0 N–H and O–H groups in total. The first-order valence-corrected chi connectivity index (χ1v) is 37.7. The molecule has 0 saturated heterocycles. The fraction of sp³-hybridized carbons (Fsp3) is 0. The molecule has 0 spiro atoms. The maximum atomic E-state index is 5.32. The smallest absolute Gasteiger partial charge is 0.164 e. The Morgan fingerprint density at radius 1 is 0.170 bits per heavy atom. The summed E-state index contributed by atoms with van der Waals surface area (Å²) in [7, 11) is 0. The lowest BCUT2D eigenvalue weighted by Crippen LogP contribution is -2.00. The Labute approximate surface area is 647 Å². The number of benzene rings is 15. The first-order valence-electron chi connectivity index (χ1n) is 37.7. The van der Waals surface area contributed by atoms with Crippen LogP contribution in [0, 0.1) is 0 Å². The molecule has 21 aromatic rings. The van der Waals surface area contributed by atoms with Gasteiger partial charge in [0.25, 0.3) is 0 Å². The lowest BCUT2D eigenvalue weighted by molar-refractivity contribution is 1.07. The van der Waals surface area contributed by atoms with Gasteiger partial charge in [-0.1, -0.05) is 352 Å². The standard InChI is InChI=1S/C54H35N5.C49H32N4/c1-4-14-36(15-5-1)37-26-32-42(33-27-37)53-56-52(41-16-6-2-7-17-41)57-54(58-53)43-34-28-39(29-35-43)38-24-30-40(31-25-38)50-49-46-21-11-13-23-48(46)59(44-18-8-3-9-19-44)51(49)45-20-10-12-22-47(45)55-50;1-4-14-35(15-5-1)43-32-44(36-16-6-2-7-17-36)52-49(51-43)38-30-26-34(27-31-38)33-24-28-37(29-25-33)47-46-41-21-11-13-23-45(41)53(39-18-8-3-9-19-39)48(46)40-20-10-12-22-42(40)50-47/h1-35H;1-32H. The van der Waals surface area contributed by atoms with Crippen LogP contribution in [0.2, 0.25) is 0 Å². The second-order valence-corrected chi connectivity index (χ2v) is 27.9. The molecule has 15 aromatic carbocycles. The molecule has 6 heterocycles. The number of aromatic nitrogens is 9. The number of hydrogen-bond donors (Lipinski definition) is 0. The molecule has 0 amide bonds. The van der Waals surface area contributed by atoms with Crippen LogP contribution in [-0.4, -0.2) is 44.0 Å². The molecule has 0 aliphatic rings. The fourth-order valence-electron chi connectivity index (χ4n) is 15.6. The number of fused-ring (bicyclic) bond motifs is 10. The highest BCUT2D eigenvalue weighted by molar-refractivity contribution is 6.24. The van der Waals surface area contributed by atoms with Gasteiger partial charge in [-0.3, -0.25) is 0 Å². The van der Waals surface area contributed by atoms with Crippen LogP contribution >= 0.6 is 0 Å². The molecule has 524 valence electrons. The zero-order chi connectivity index (χ0) is 74.3. The molecule has 21 rings (SSSR count). The van der Waals surface area contributed by atoms with Crippen molar-refractivity contribution in [3.63, 3.8) is 0 Å². The topological polar surface area (TPSA) is 100 Å². The molecule has 6 aromatic heterocycles. The van der Waals surface area contributed by atoms with Crippen LogP contribution in [0.5, 0.6) is 0 Å². The molecule has 0 aliphatic heterocycles. The predicted octanol–water partition coefficient (Wildman–Crippen LogP) is 26.0. The first-order chi connectivity index (χ1) is 55.5. The zero-order valence-corrected chi connectivity index (χ0v) is 60.7. The quantitative estimate of drug-likeness (QED) is 0.113. The van der Waals surface area contributed by atoms with Crippen LogP contribution in [0.25, 0.3) is 201 Å². The zero-order valence-electron chi connectivity index (χ0n) is 60.7. The summed E-state index contributed by atoms with van der Waals surface area (Å²) in [6.07, 6.45) is 0. The summed E-state index contributed by atoms with van der Waals surface area (Å²) in [5.74, 6) is 2.61. The molecular formula is C103H67N9. The highest BCUT2D eigenvalue weighted by Crippen LogP contribution is 2.45. The maximum Gasteiger partial charge on any atom is 0.164 e. The van der Waals surface area contributed by atoms with Crippen molar-refractivity contribution in [3.05, 3.63) is 406 Å². The average Bonchev–Trinajstić information content (AvgIpc) is 1.55. The second kappa shape index (κ2) is 28.8. The van der Waals surface area contributed by atoms with Crippen molar-refractivity contribution in [2.75, 3.05) is 0 Å². The Hall–Kier alpha value is -15.2. The van der Waals surface area contributed by atoms with Crippen LogP contribution in [0.1, 0.15) is 0 Å². The Kier molecular flexibility index (Phi) is 17.1. The SMILES string of the molecule is c1ccc(-c2cc(-c3ccccc3)nc(-c3ccc(-c4ccc(-c5nc6ccccc6c6c5c5ccccc5n6-c5ccccc5)cc4)cc3)n2)cc1.c1ccc(-c2ccc(-c3nc(-c4ccccc4)nc(-c4ccc(-c5ccc(-c6nc7ccccc7c7c6c6ccccc6n7-c6ccccc6)cc5)cc4)n3)cc2)cc1. The van der Waals surface area contributed by atoms with Crippen LogP contribution in [0.15, 0.2) is 406 Å². The normalized spacial score (nSPS) is 11.4. The van der Waals surface area contributed by atoms with E-state index in [2.05, 4.69) is 343 Å². The highest BCUT2D eigenvalue weighted by atomic mass is 15.0. The number of hydrogen-bond acceptors (Lipinski definition) is 7. The molecule has 0 atom stereocenters. The minimum absolute atomic E-state index is 0.629. The van der Waals surface area contributed by atoms with E-state index in [0.29, 0.717) is 23.3 Å². The number of nitrogens with zero attached hydrogens (tertiary/aromatic N) is 9. The molecule has 0 aliphatic carbocycles. The Morgan fingerprint density at radius 3 is 0.759 bits per heavy atom. The summed E-state index contributed by atoms with van der Waals surface area (Å²) in [4.78, 5) is 35.6. The van der Waals surface area contributed by atoms with E-state index in [1.54, 1.807) is 0 Å². The monoisotopic (exact) mass is 1430 g/mol. The van der Waals surface area contributed by atoms with Crippen molar-refractivity contribution in [1.29, 1.82) is 0 Å². The minimum Gasteiger partial charge on any atom is -0.308 e. The fourth-order valence-corrected chi connectivity index (χ4v) is 15.6. The summed E-state index contributed by atoms with van der Waals surface area (Å²) in [5.41, 5.74) is 27.5. The third-order valence-corrected chi connectivity index (χ3v) is 21.1. The largest absolute Gasteiger partial charge is 0.308 e. The van der Waals surface area contributed by atoms with Gasteiger partial charge < -0.3 is 9.13 Å². The Morgan fingerprint density at radius 2 is 0.411 bits per heavy atom. The summed E-state index contributed by atoms with van der Waals surface area (Å²) < 4.78 is 4.77. The van der Waals surface area contributed by atoms with Crippen LogP contribution in [0.3, 0.4) is 0 Å². The second-order valence-electron chi connectivity index (χ2n) is 27.9. The lowest BCUT2D eigenvalue weighted by Gasteiger charge is -2.12. The van der Waals surface area contributed by atoms with Crippen molar-refractivity contribution in [2.45, 2.75) is 0 Å². The molecule has 112 heavy (non-hydrogen) atoms. The molecule has 9 heteroatoms. The van der Waals surface area contributed by atoms with E-state index in [1.165, 1.54) is 32.9 Å². The van der Waals surface area contributed by atoms with E-state index in [4.69, 9.17) is 34.9 Å². The van der Waals surface area contributed by atoms with E-state index >= 15 is 0 Å². The van der Waals surface area contributed by atoms with Crippen molar-refractivity contribution in [1.82, 2.24) is 44.0 Å². The Balaban J connectivity index is 0.000000147. The summed E-state index contributed by atoms with van der Waals surface area (Å²) in [5, 5.41) is 6.95. The van der Waals surface area contributed by atoms with Crippen LogP contribution < -0.4 is 0 Å². The molecule has 9 nitrogen and oxygen atoms in total. The van der Waals surface area contributed by atoms with E-state index < -0.39 is 0 Å². The predicted molar refractivity (Wildman–Crippen MR) is 461 cm³/mol. The summed E-state index contributed by atoms with van der Waals surface area (Å²) in [6, 6.07) is 142. The third-order valence-electron chi connectivity index (χ3n) is 21.1. The average molecular weight is 1430 g/mol. The molecular weight excluding hydrogens is 1360 g/mol. The van der Waals surface area contributed by atoms with Gasteiger partial charge in [0.1, 0.15) is 0 Å². The van der Waals surface area contributed by atoms with E-state index in [1.807, 2.05) is 72.8 Å². The highest BCUT2D eigenvalue weighted by Gasteiger charge is 2.24. The maximum absolute atomic E-state index is 5.32. The molecule has 0 radical (unpaired) electrons. The number of rotatable bonds is 13. The molecule has 0 saturated carbocycles. The first kappa shape index (κ1) is 66.3. The van der Waals surface area contributed by atoms with Crippen LogP contribution in [0.4, 0.5) is 0 Å². The van der Waals surface area contributed by atoms with Gasteiger partial charge in [-0.2, -0.15) is 0 Å². The van der Waals surface area contributed by atoms with Gasteiger partial charge in [0.05, 0.1) is 55.9 Å². The minimum atomic E-state index is 0.629. The molecule has 0 fully saturated rings. The molecule has 0 unspecified atom stereocenters. The van der Waals surface area contributed by atoms with Gasteiger partial charge in [0, 0.05) is 88.2 Å². The van der Waals surface area contributed by atoms with E-state index in [9.17, 15) is 0 Å². The van der Waals surface area contributed by atoms with Gasteiger partial charge in [-0.25, -0.2) is 34.9 Å². The van der Waals surface area contributed by atoms with Crippen molar-refractivity contribution >= 4 is 65.4 Å². The third kappa shape index (κ3) is 12.5. The van der Waals surface area contributed by atoms with Gasteiger partial charge in [0.2, 0.25) is 0 Å². The summed E-state index contributed by atoms with van der Waals surface area (Å²) >= 11 is 0. The van der Waals surface area contributed by atoms with Gasteiger partial charge in [0.15, 0.2) is 23.3 Å². The number of pyridine rings is 2. The van der Waals surface area contributed by atoms with Crippen molar-refractivity contribution in [2.24, 2.45) is 0 Å². The lowest BCUT2D eigenvalue weighted by atomic mass is 9.98.